The van der Waals surface area contributed by atoms with Gasteiger partial charge in [-0.3, -0.25) is 9.59 Å². The number of rotatable bonds is 7. The standard InChI is InChI=1S/C18H18N4O3S2/c1-10(23)13-5-4-6-14(7-13)20-17(24)11(2)27-18-22-21-16(25-18)8-15-9-26-12(3)19-15/h4-7,9,11H,8H2,1-3H3,(H,20,24)/t11-/m0/s1. The summed E-state index contributed by atoms with van der Waals surface area (Å²) in [4.78, 5) is 28.2. The minimum absolute atomic E-state index is 0.0535. The van der Waals surface area contributed by atoms with Crippen molar-refractivity contribution in [2.45, 2.75) is 37.7 Å². The quantitative estimate of drug-likeness (QED) is 0.475. The van der Waals surface area contributed by atoms with E-state index in [1.54, 1.807) is 42.5 Å². The zero-order valence-electron chi connectivity index (χ0n) is 15.1. The predicted molar refractivity (Wildman–Crippen MR) is 104 cm³/mol. The van der Waals surface area contributed by atoms with E-state index in [0.29, 0.717) is 28.8 Å². The number of ketones is 1. The Morgan fingerprint density at radius 2 is 2.15 bits per heavy atom. The summed E-state index contributed by atoms with van der Waals surface area (Å²) in [6.45, 7) is 5.18. The molecule has 0 fully saturated rings. The fraction of sp³-hybridized carbons (Fsp3) is 0.278. The second-order valence-electron chi connectivity index (χ2n) is 5.88. The number of carbonyl (C=O) groups is 2. The van der Waals surface area contributed by atoms with Gasteiger partial charge in [0.1, 0.15) is 0 Å². The molecule has 2 heterocycles. The minimum atomic E-state index is -0.444. The zero-order valence-corrected chi connectivity index (χ0v) is 16.7. The van der Waals surface area contributed by atoms with Crippen LogP contribution in [0.15, 0.2) is 39.3 Å². The summed E-state index contributed by atoms with van der Waals surface area (Å²) < 4.78 is 5.60. The van der Waals surface area contributed by atoms with Crippen molar-refractivity contribution >= 4 is 40.5 Å². The molecule has 3 rings (SSSR count). The first-order valence-corrected chi connectivity index (χ1v) is 9.98. The van der Waals surface area contributed by atoms with E-state index in [-0.39, 0.29) is 11.7 Å². The molecule has 0 spiro atoms. The van der Waals surface area contributed by atoms with Crippen molar-refractivity contribution < 1.29 is 14.0 Å². The highest BCUT2D eigenvalue weighted by Gasteiger charge is 2.19. The summed E-state index contributed by atoms with van der Waals surface area (Å²) in [5.74, 6) is 0.197. The van der Waals surface area contributed by atoms with Crippen molar-refractivity contribution in [2.75, 3.05) is 5.32 Å². The first kappa shape index (κ1) is 19.2. The topological polar surface area (TPSA) is 98.0 Å². The Balaban J connectivity index is 1.58. The van der Waals surface area contributed by atoms with Crippen LogP contribution in [0.25, 0.3) is 0 Å². The monoisotopic (exact) mass is 402 g/mol. The number of nitrogens with zero attached hydrogens (tertiary/aromatic N) is 3. The maximum absolute atomic E-state index is 12.4. The molecule has 0 radical (unpaired) electrons. The Hall–Kier alpha value is -2.52. The highest BCUT2D eigenvalue weighted by molar-refractivity contribution is 8.00. The number of amides is 1. The van der Waals surface area contributed by atoms with Crippen molar-refractivity contribution in [2.24, 2.45) is 0 Å². The largest absolute Gasteiger partial charge is 0.416 e. The summed E-state index contributed by atoms with van der Waals surface area (Å²) >= 11 is 2.75. The van der Waals surface area contributed by atoms with Crippen molar-refractivity contribution in [3.05, 3.63) is 51.8 Å². The number of anilines is 1. The normalized spacial score (nSPS) is 12.0. The number of carbonyl (C=O) groups excluding carboxylic acids is 2. The Labute approximate surface area is 164 Å². The van der Waals surface area contributed by atoms with E-state index in [0.717, 1.165) is 10.7 Å². The molecule has 3 aromatic rings. The van der Waals surface area contributed by atoms with Gasteiger partial charge in [-0.2, -0.15) is 0 Å². The second-order valence-corrected chi connectivity index (χ2v) is 8.24. The summed E-state index contributed by atoms with van der Waals surface area (Å²) in [5, 5.41) is 13.6. The maximum atomic E-state index is 12.4. The number of thioether (sulfide) groups is 1. The van der Waals surface area contributed by atoms with Crippen LogP contribution in [0.1, 0.15) is 40.8 Å². The third-order valence-electron chi connectivity index (χ3n) is 3.63. The smallest absolute Gasteiger partial charge is 0.277 e. The van der Waals surface area contributed by atoms with Gasteiger partial charge in [0.05, 0.1) is 22.4 Å². The van der Waals surface area contributed by atoms with Gasteiger partial charge in [0.15, 0.2) is 5.78 Å². The second kappa shape index (κ2) is 8.45. The van der Waals surface area contributed by atoms with Gasteiger partial charge < -0.3 is 9.73 Å². The first-order chi connectivity index (χ1) is 12.9. The lowest BCUT2D eigenvalue weighted by molar-refractivity contribution is -0.115. The lowest BCUT2D eigenvalue weighted by atomic mass is 10.1. The molecule has 9 heteroatoms. The number of aromatic nitrogens is 3. The van der Waals surface area contributed by atoms with Crippen LogP contribution in [0, 0.1) is 6.92 Å². The molecule has 0 aliphatic heterocycles. The van der Waals surface area contributed by atoms with Crippen LogP contribution in [-0.4, -0.2) is 32.1 Å². The van der Waals surface area contributed by atoms with E-state index >= 15 is 0 Å². The van der Waals surface area contributed by atoms with Crippen molar-refractivity contribution in [3.8, 4) is 0 Å². The number of benzene rings is 1. The molecule has 0 bridgehead atoms. The van der Waals surface area contributed by atoms with E-state index in [2.05, 4.69) is 20.5 Å². The fourth-order valence-corrected chi connectivity index (χ4v) is 3.58. The molecule has 0 aliphatic rings. The van der Waals surface area contributed by atoms with Crippen LogP contribution in [0.3, 0.4) is 0 Å². The molecule has 2 aromatic heterocycles. The minimum Gasteiger partial charge on any atom is -0.416 e. The Morgan fingerprint density at radius 1 is 1.33 bits per heavy atom. The number of hydrogen-bond donors (Lipinski definition) is 1. The van der Waals surface area contributed by atoms with Crippen LogP contribution < -0.4 is 5.32 Å². The molecule has 140 valence electrons. The molecule has 1 N–H and O–H groups in total. The molecule has 1 atom stereocenters. The van der Waals surface area contributed by atoms with Gasteiger partial charge >= 0.3 is 0 Å². The lowest BCUT2D eigenvalue weighted by Gasteiger charge is -2.10. The Morgan fingerprint density at radius 3 is 2.85 bits per heavy atom. The summed E-state index contributed by atoms with van der Waals surface area (Å²) in [6, 6.07) is 6.83. The van der Waals surface area contributed by atoms with E-state index in [9.17, 15) is 9.59 Å². The Kier molecular flexibility index (Phi) is 6.02. The molecule has 7 nitrogen and oxygen atoms in total. The van der Waals surface area contributed by atoms with E-state index in [4.69, 9.17) is 4.42 Å². The van der Waals surface area contributed by atoms with Crippen molar-refractivity contribution in [3.63, 3.8) is 0 Å². The van der Waals surface area contributed by atoms with Crippen LogP contribution in [-0.2, 0) is 11.2 Å². The number of aryl methyl sites for hydroxylation is 1. The van der Waals surface area contributed by atoms with Crippen LogP contribution >= 0.6 is 23.1 Å². The number of Topliss-reactive ketones (excluding diaryl/α,β-unsaturated/α-hetero) is 1. The molecule has 0 unspecified atom stereocenters. The van der Waals surface area contributed by atoms with Crippen molar-refractivity contribution in [1.29, 1.82) is 0 Å². The van der Waals surface area contributed by atoms with Gasteiger partial charge in [0.2, 0.25) is 11.8 Å². The molecular weight excluding hydrogens is 384 g/mol. The van der Waals surface area contributed by atoms with Gasteiger partial charge in [-0.15, -0.1) is 21.5 Å². The average Bonchev–Trinajstić information content (AvgIpc) is 3.24. The summed E-state index contributed by atoms with van der Waals surface area (Å²) in [7, 11) is 0. The van der Waals surface area contributed by atoms with Crippen molar-refractivity contribution in [1.82, 2.24) is 15.2 Å². The lowest BCUT2D eigenvalue weighted by Crippen LogP contribution is -2.22. The van der Waals surface area contributed by atoms with Gasteiger partial charge in [-0.25, -0.2) is 4.98 Å². The first-order valence-electron chi connectivity index (χ1n) is 8.22. The highest BCUT2D eigenvalue weighted by atomic mass is 32.2. The molecule has 1 aromatic carbocycles. The van der Waals surface area contributed by atoms with Crippen LogP contribution in [0.4, 0.5) is 5.69 Å². The number of nitrogens with one attached hydrogen (secondary N) is 1. The molecule has 1 amide bonds. The van der Waals surface area contributed by atoms with Gasteiger partial charge in [-0.05, 0) is 32.9 Å². The average molecular weight is 403 g/mol. The molecule has 0 aliphatic carbocycles. The molecular formula is C18H18N4O3S2. The Bertz CT molecular complexity index is 967. The summed E-state index contributed by atoms with van der Waals surface area (Å²) in [5.41, 5.74) is 2.01. The zero-order chi connectivity index (χ0) is 19.4. The highest BCUT2D eigenvalue weighted by Crippen LogP contribution is 2.24. The molecule has 0 saturated carbocycles. The summed E-state index contributed by atoms with van der Waals surface area (Å²) in [6.07, 6.45) is 0.469. The van der Waals surface area contributed by atoms with Gasteiger partial charge in [-0.1, -0.05) is 23.9 Å². The maximum Gasteiger partial charge on any atom is 0.277 e. The van der Waals surface area contributed by atoms with Crippen LogP contribution in [0.2, 0.25) is 0 Å². The van der Waals surface area contributed by atoms with Gasteiger partial charge in [0, 0.05) is 16.6 Å². The molecule has 27 heavy (non-hydrogen) atoms. The fourth-order valence-electron chi connectivity index (χ4n) is 2.27. The number of thiazole rings is 1. The third-order valence-corrected chi connectivity index (χ3v) is 5.39. The van der Waals surface area contributed by atoms with E-state index in [1.165, 1.54) is 18.7 Å². The van der Waals surface area contributed by atoms with Crippen LogP contribution in [0.5, 0.6) is 0 Å². The van der Waals surface area contributed by atoms with E-state index < -0.39 is 5.25 Å². The van der Waals surface area contributed by atoms with Gasteiger partial charge in [0.25, 0.3) is 5.22 Å². The SMILES string of the molecule is CC(=O)c1cccc(NC(=O)[C@H](C)Sc2nnc(Cc3csc(C)n3)o2)c1. The predicted octanol–water partition coefficient (Wildman–Crippen LogP) is 3.75. The molecule has 0 saturated heterocycles. The third kappa shape index (κ3) is 5.24. The number of hydrogen-bond acceptors (Lipinski definition) is 8. The van der Waals surface area contributed by atoms with E-state index in [1.807, 2.05) is 12.3 Å².